The Hall–Kier alpha value is -1.26. The van der Waals surface area contributed by atoms with Crippen molar-refractivity contribution in [2.24, 2.45) is 11.7 Å². The monoisotopic (exact) mass is 310 g/mol. The van der Waals surface area contributed by atoms with Crippen LogP contribution in [-0.4, -0.2) is 37.0 Å². The van der Waals surface area contributed by atoms with Gasteiger partial charge in [0.1, 0.15) is 5.75 Å². The summed E-state index contributed by atoms with van der Waals surface area (Å²) >= 11 is 5.89. The molecule has 2 atom stereocenters. The van der Waals surface area contributed by atoms with Crippen LogP contribution in [-0.2, 0) is 4.79 Å². The van der Waals surface area contributed by atoms with Gasteiger partial charge in [0, 0.05) is 30.6 Å². The molecule has 1 fully saturated rings. The summed E-state index contributed by atoms with van der Waals surface area (Å²) in [4.78, 5) is 14.0. The minimum absolute atomic E-state index is 0.110. The lowest BCUT2D eigenvalue weighted by atomic mass is 10.1. The van der Waals surface area contributed by atoms with Gasteiger partial charge in [0.25, 0.3) is 0 Å². The van der Waals surface area contributed by atoms with Crippen LogP contribution in [0.5, 0.6) is 5.75 Å². The molecule has 1 aromatic rings. The van der Waals surface area contributed by atoms with E-state index in [2.05, 4.69) is 0 Å². The molecule has 0 aromatic heterocycles. The zero-order chi connectivity index (χ0) is 15.2. The van der Waals surface area contributed by atoms with Gasteiger partial charge >= 0.3 is 0 Å². The molecule has 0 radical (unpaired) electrons. The van der Waals surface area contributed by atoms with E-state index in [0.29, 0.717) is 18.2 Å². The fourth-order valence-electron chi connectivity index (χ4n) is 2.71. The number of amides is 1. The van der Waals surface area contributed by atoms with Crippen LogP contribution in [0.3, 0.4) is 0 Å². The number of ether oxygens (including phenoxy) is 1. The molecule has 0 spiro atoms. The second-order valence-corrected chi connectivity index (χ2v) is 6.13. The summed E-state index contributed by atoms with van der Waals surface area (Å²) in [7, 11) is 1.85. The number of carbonyl (C=O) groups is 1. The van der Waals surface area contributed by atoms with Gasteiger partial charge in [0.15, 0.2) is 0 Å². The van der Waals surface area contributed by atoms with Gasteiger partial charge in [0.05, 0.1) is 6.61 Å². The zero-order valence-electron chi connectivity index (χ0n) is 12.4. The molecule has 2 N–H and O–H groups in total. The maximum Gasteiger partial charge on any atom is 0.225 e. The quantitative estimate of drug-likeness (QED) is 0.822. The Bertz CT molecular complexity index is 481. The van der Waals surface area contributed by atoms with Gasteiger partial charge in [-0.25, -0.2) is 0 Å². The van der Waals surface area contributed by atoms with Crippen LogP contribution >= 0.6 is 11.6 Å². The number of hydrogen-bond donors (Lipinski definition) is 1. The molecule has 1 amide bonds. The van der Waals surface area contributed by atoms with E-state index in [1.165, 1.54) is 0 Å². The van der Waals surface area contributed by atoms with Gasteiger partial charge in [0.2, 0.25) is 5.91 Å². The molecule has 1 aliphatic rings. The first-order valence-electron chi connectivity index (χ1n) is 7.45. The maximum absolute atomic E-state index is 12.2. The van der Waals surface area contributed by atoms with Crippen molar-refractivity contribution in [1.82, 2.24) is 4.90 Å². The fraction of sp³-hybridized carbons (Fsp3) is 0.562. The molecule has 2 rings (SSSR count). The Morgan fingerprint density at radius 2 is 2.29 bits per heavy atom. The van der Waals surface area contributed by atoms with Crippen LogP contribution in [0.4, 0.5) is 0 Å². The van der Waals surface area contributed by atoms with Crippen molar-refractivity contribution in [3.63, 3.8) is 0 Å². The molecule has 4 nitrogen and oxygen atoms in total. The minimum atomic E-state index is 0.110. The van der Waals surface area contributed by atoms with Crippen molar-refractivity contribution < 1.29 is 9.53 Å². The molecular formula is C16H23ClN2O2. The van der Waals surface area contributed by atoms with Gasteiger partial charge in [-0.15, -0.1) is 0 Å². The Morgan fingerprint density at radius 1 is 1.48 bits per heavy atom. The van der Waals surface area contributed by atoms with E-state index in [1.54, 1.807) is 11.0 Å². The predicted molar refractivity (Wildman–Crippen MR) is 84.5 cm³/mol. The first-order valence-corrected chi connectivity index (χ1v) is 7.83. The van der Waals surface area contributed by atoms with Crippen LogP contribution in [0.1, 0.15) is 25.7 Å². The average Bonchev–Trinajstić information content (AvgIpc) is 2.89. The minimum Gasteiger partial charge on any atom is -0.493 e. The van der Waals surface area contributed by atoms with Gasteiger partial charge < -0.3 is 15.4 Å². The summed E-state index contributed by atoms with van der Waals surface area (Å²) in [5, 5.41) is 0.664. The molecule has 2 unspecified atom stereocenters. The van der Waals surface area contributed by atoms with E-state index in [9.17, 15) is 4.79 Å². The fourth-order valence-corrected chi connectivity index (χ4v) is 2.89. The van der Waals surface area contributed by atoms with Crippen molar-refractivity contribution in [2.75, 3.05) is 20.2 Å². The highest BCUT2D eigenvalue weighted by Crippen LogP contribution is 2.25. The number of hydrogen-bond acceptors (Lipinski definition) is 3. The van der Waals surface area contributed by atoms with Crippen molar-refractivity contribution in [1.29, 1.82) is 0 Å². The highest BCUT2D eigenvalue weighted by molar-refractivity contribution is 6.30. The molecule has 1 saturated carbocycles. The van der Waals surface area contributed by atoms with Crippen LogP contribution in [0, 0.1) is 5.92 Å². The van der Waals surface area contributed by atoms with Gasteiger partial charge in [-0.1, -0.05) is 17.7 Å². The molecule has 0 saturated heterocycles. The predicted octanol–water partition coefficient (Wildman–Crippen LogP) is 2.69. The summed E-state index contributed by atoms with van der Waals surface area (Å²) in [6, 6.07) is 7.53. The third-order valence-corrected chi connectivity index (χ3v) is 4.14. The number of benzene rings is 1. The van der Waals surface area contributed by atoms with Crippen LogP contribution in [0.25, 0.3) is 0 Å². The lowest BCUT2D eigenvalue weighted by molar-refractivity contribution is -0.134. The van der Waals surface area contributed by atoms with Gasteiger partial charge in [-0.3, -0.25) is 4.79 Å². The topological polar surface area (TPSA) is 55.6 Å². The first-order chi connectivity index (χ1) is 10.1. The zero-order valence-corrected chi connectivity index (χ0v) is 13.2. The van der Waals surface area contributed by atoms with Crippen LogP contribution in [0.15, 0.2) is 24.3 Å². The van der Waals surface area contributed by atoms with Crippen molar-refractivity contribution >= 4 is 17.5 Å². The largest absolute Gasteiger partial charge is 0.493 e. The Kier molecular flexibility index (Phi) is 5.88. The number of nitrogens with zero attached hydrogens (tertiary/aromatic N) is 1. The highest BCUT2D eigenvalue weighted by atomic mass is 35.5. The molecule has 1 aliphatic carbocycles. The Balaban J connectivity index is 1.67. The smallest absolute Gasteiger partial charge is 0.225 e. The van der Waals surface area contributed by atoms with Gasteiger partial charge in [-0.2, -0.15) is 0 Å². The first kappa shape index (κ1) is 16.1. The van der Waals surface area contributed by atoms with E-state index >= 15 is 0 Å². The van der Waals surface area contributed by atoms with Gasteiger partial charge in [-0.05, 0) is 43.9 Å². The standard InChI is InChI=1S/C16H23ClN2O2/c1-19(16(20)12-6-7-14(18)10-12)8-3-9-21-15-5-2-4-13(17)11-15/h2,4-5,11-12,14H,3,6-10,18H2,1H3. The molecule has 5 heteroatoms. The summed E-state index contributed by atoms with van der Waals surface area (Å²) in [6.45, 7) is 1.27. The Morgan fingerprint density at radius 3 is 2.95 bits per heavy atom. The second-order valence-electron chi connectivity index (χ2n) is 5.69. The van der Waals surface area contributed by atoms with Crippen molar-refractivity contribution in [3.8, 4) is 5.75 Å². The van der Waals surface area contributed by atoms with E-state index in [1.807, 2.05) is 25.2 Å². The third-order valence-electron chi connectivity index (χ3n) is 3.90. The van der Waals surface area contributed by atoms with Crippen molar-refractivity contribution in [2.45, 2.75) is 31.7 Å². The van der Waals surface area contributed by atoms with E-state index in [0.717, 1.165) is 31.4 Å². The van der Waals surface area contributed by atoms with Crippen molar-refractivity contribution in [3.05, 3.63) is 29.3 Å². The SMILES string of the molecule is CN(CCCOc1cccc(Cl)c1)C(=O)C1CCC(N)C1. The lowest BCUT2D eigenvalue weighted by Gasteiger charge is -2.21. The number of rotatable bonds is 6. The van der Waals surface area contributed by atoms with E-state index in [-0.39, 0.29) is 17.9 Å². The molecule has 21 heavy (non-hydrogen) atoms. The number of halogens is 1. The number of carbonyl (C=O) groups excluding carboxylic acids is 1. The van der Waals surface area contributed by atoms with Crippen LogP contribution in [0.2, 0.25) is 5.02 Å². The molecule has 0 heterocycles. The summed E-state index contributed by atoms with van der Waals surface area (Å²) in [5.74, 6) is 1.09. The highest BCUT2D eigenvalue weighted by Gasteiger charge is 2.29. The molecule has 0 aliphatic heterocycles. The summed E-state index contributed by atoms with van der Waals surface area (Å²) in [5.41, 5.74) is 5.86. The number of nitrogens with two attached hydrogens (primary N) is 1. The van der Waals surface area contributed by atoms with E-state index in [4.69, 9.17) is 22.1 Å². The summed E-state index contributed by atoms with van der Waals surface area (Å²) in [6.07, 6.45) is 3.50. The normalized spacial score (nSPS) is 21.3. The van der Waals surface area contributed by atoms with E-state index < -0.39 is 0 Å². The molecule has 1 aromatic carbocycles. The van der Waals surface area contributed by atoms with Crippen LogP contribution < -0.4 is 10.5 Å². The Labute approximate surface area is 131 Å². The third kappa shape index (κ3) is 4.90. The maximum atomic E-state index is 12.2. The molecular weight excluding hydrogens is 288 g/mol. The second kappa shape index (κ2) is 7.66. The average molecular weight is 311 g/mol. The summed E-state index contributed by atoms with van der Waals surface area (Å²) < 4.78 is 5.62. The lowest BCUT2D eigenvalue weighted by Crippen LogP contribution is -2.33. The molecule has 0 bridgehead atoms. The molecule has 116 valence electrons.